The highest BCUT2D eigenvalue weighted by Gasteiger charge is 2.26. The molecule has 1 aromatic carbocycles. The largest absolute Gasteiger partial charge is 0.311 e. The van der Waals surface area contributed by atoms with Crippen LogP contribution in [0.1, 0.15) is 18.4 Å². The minimum Gasteiger partial charge on any atom is -0.311 e. The van der Waals surface area contributed by atoms with Crippen molar-refractivity contribution in [1.29, 1.82) is 5.26 Å². The van der Waals surface area contributed by atoms with Gasteiger partial charge in [0.15, 0.2) is 0 Å². The van der Waals surface area contributed by atoms with Gasteiger partial charge >= 0.3 is 0 Å². The van der Waals surface area contributed by atoms with E-state index in [0.717, 1.165) is 0 Å². The Balaban J connectivity index is 1.83. The molecule has 2 heterocycles. The number of nitriles is 1. The van der Waals surface area contributed by atoms with Gasteiger partial charge in [0.25, 0.3) is 5.91 Å². The molecule has 0 saturated heterocycles. The molecule has 114 valence electrons. The van der Waals surface area contributed by atoms with E-state index in [9.17, 15) is 9.59 Å². The van der Waals surface area contributed by atoms with Crippen LogP contribution in [0.4, 0.5) is 10.7 Å². The topological polar surface area (TPSA) is 85.6 Å². The minimum atomic E-state index is -0.391. The molecule has 0 unspecified atom stereocenters. The zero-order valence-corrected chi connectivity index (χ0v) is 12.8. The normalized spacial score (nSPS) is 14.1. The summed E-state index contributed by atoms with van der Waals surface area (Å²) in [7, 11) is 0. The second-order valence-corrected chi connectivity index (χ2v) is 5.73. The summed E-state index contributed by atoms with van der Waals surface area (Å²) in [6, 6.07) is 12.6. The Bertz CT molecular complexity index is 820. The SMILES string of the molecule is N#Cc1ccsc1NC(=O)C1=NN(c2ccccc2)C(=O)CC1. The molecule has 7 heteroatoms. The van der Waals surface area contributed by atoms with Crippen LogP contribution in [-0.2, 0) is 9.59 Å². The summed E-state index contributed by atoms with van der Waals surface area (Å²) in [5, 5.41) is 19.3. The number of anilines is 2. The molecule has 0 saturated carbocycles. The minimum absolute atomic E-state index is 0.151. The van der Waals surface area contributed by atoms with Crippen LogP contribution in [-0.4, -0.2) is 17.5 Å². The molecular weight excluding hydrogens is 312 g/mol. The molecule has 23 heavy (non-hydrogen) atoms. The van der Waals surface area contributed by atoms with Gasteiger partial charge in [0.05, 0.1) is 11.3 Å². The van der Waals surface area contributed by atoms with E-state index in [1.165, 1.54) is 16.3 Å². The first kappa shape index (κ1) is 14.9. The molecule has 0 radical (unpaired) electrons. The summed E-state index contributed by atoms with van der Waals surface area (Å²) in [5.41, 5.74) is 1.30. The van der Waals surface area contributed by atoms with E-state index in [2.05, 4.69) is 10.4 Å². The molecule has 0 aliphatic carbocycles. The lowest BCUT2D eigenvalue weighted by Crippen LogP contribution is -2.36. The van der Waals surface area contributed by atoms with Crippen LogP contribution in [0.5, 0.6) is 0 Å². The van der Waals surface area contributed by atoms with Crippen molar-refractivity contribution in [2.24, 2.45) is 5.10 Å². The Morgan fingerprint density at radius 3 is 2.78 bits per heavy atom. The van der Waals surface area contributed by atoms with Gasteiger partial charge in [-0.15, -0.1) is 11.3 Å². The van der Waals surface area contributed by atoms with Gasteiger partial charge in [-0.25, -0.2) is 5.01 Å². The second-order valence-electron chi connectivity index (χ2n) is 4.82. The molecule has 3 rings (SSSR count). The van der Waals surface area contributed by atoms with Crippen LogP contribution < -0.4 is 10.3 Å². The molecule has 0 atom stereocenters. The van der Waals surface area contributed by atoms with Crippen molar-refractivity contribution in [3.63, 3.8) is 0 Å². The molecule has 1 N–H and O–H groups in total. The third-order valence-corrected chi connectivity index (χ3v) is 4.14. The highest BCUT2D eigenvalue weighted by molar-refractivity contribution is 7.14. The van der Waals surface area contributed by atoms with E-state index in [1.807, 2.05) is 12.1 Å². The number of thiophene rings is 1. The number of hydrazone groups is 1. The number of rotatable bonds is 3. The predicted octanol–water partition coefficient (Wildman–Crippen LogP) is 2.74. The number of hydrogen-bond acceptors (Lipinski definition) is 5. The average molecular weight is 324 g/mol. The molecule has 0 bridgehead atoms. The molecule has 2 aromatic rings. The van der Waals surface area contributed by atoms with E-state index >= 15 is 0 Å². The summed E-state index contributed by atoms with van der Waals surface area (Å²) in [4.78, 5) is 24.4. The van der Waals surface area contributed by atoms with Gasteiger partial charge < -0.3 is 5.32 Å². The average Bonchev–Trinajstić information content (AvgIpc) is 3.03. The van der Waals surface area contributed by atoms with Crippen LogP contribution in [0.15, 0.2) is 46.9 Å². The maximum atomic E-state index is 12.3. The number of carbonyl (C=O) groups is 2. The van der Waals surface area contributed by atoms with Crippen molar-refractivity contribution >= 4 is 39.6 Å². The van der Waals surface area contributed by atoms with E-state index < -0.39 is 5.91 Å². The first-order valence-electron chi connectivity index (χ1n) is 6.93. The lowest BCUT2D eigenvalue weighted by atomic mass is 10.1. The lowest BCUT2D eigenvalue weighted by Gasteiger charge is -2.22. The van der Waals surface area contributed by atoms with Gasteiger partial charge in [-0.1, -0.05) is 18.2 Å². The van der Waals surface area contributed by atoms with Crippen LogP contribution in [0.3, 0.4) is 0 Å². The van der Waals surface area contributed by atoms with Gasteiger partial charge in [-0.2, -0.15) is 10.4 Å². The first-order chi connectivity index (χ1) is 11.2. The zero-order chi connectivity index (χ0) is 16.2. The fourth-order valence-corrected chi connectivity index (χ4v) is 2.89. The maximum Gasteiger partial charge on any atom is 0.272 e. The van der Waals surface area contributed by atoms with Gasteiger partial charge in [0.2, 0.25) is 5.91 Å². The molecule has 6 nitrogen and oxygen atoms in total. The molecular formula is C16H12N4O2S. The van der Waals surface area contributed by atoms with E-state index in [0.29, 0.717) is 16.3 Å². The summed E-state index contributed by atoms with van der Waals surface area (Å²) >= 11 is 1.27. The predicted molar refractivity (Wildman–Crippen MR) is 88.3 cm³/mol. The fourth-order valence-electron chi connectivity index (χ4n) is 2.16. The van der Waals surface area contributed by atoms with Gasteiger partial charge in [-0.05, 0) is 23.6 Å². The smallest absolute Gasteiger partial charge is 0.272 e. The summed E-state index contributed by atoms with van der Waals surface area (Å²) in [6.07, 6.45) is 0.498. The Morgan fingerprint density at radius 2 is 2.04 bits per heavy atom. The number of benzene rings is 1. The van der Waals surface area contributed by atoms with Crippen LogP contribution in [0.25, 0.3) is 0 Å². The number of para-hydroxylation sites is 1. The maximum absolute atomic E-state index is 12.3. The Kier molecular flexibility index (Phi) is 4.17. The first-order valence-corrected chi connectivity index (χ1v) is 7.81. The molecule has 1 aliphatic rings. The summed E-state index contributed by atoms with van der Waals surface area (Å²) < 4.78 is 0. The van der Waals surface area contributed by atoms with Gasteiger partial charge in [0, 0.05) is 12.8 Å². The van der Waals surface area contributed by atoms with Crippen molar-refractivity contribution < 1.29 is 9.59 Å². The molecule has 0 spiro atoms. The van der Waals surface area contributed by atoms with Crippen LogP contribution in [0, 0.1) is 11.3 Å². The zero-order valence-electron chi connectivity index (χ0n) is 12.0. The monoisotopic (exact) mass is 324 g/mol. The van der Waals surface area contributed by atoms with Crippen molar-refractivity contribution in [3.05, 3.63) is 47.3 Å². The molecule has 1 aliphatic heterocycles. The number of hydrogen-bond donors (Lipinski definition) is 1. The number of amides is 2. The van der Waals surface area contributed by atoms with Crippen molar-refractivity contribution in [1.82, 2.24) is 0 Å². The van der Waals surface area contributed by atoms with Crippen molar-refractivity contribution in [2.75, 3.05) is 10.3 Å². The Labute approximate surface area is 136 Å². The van der Waals surface area contributed by atoms with Crippen LogP contribution >= 0.6 is 11.3 Å². The van der Waals surface area contributed by atoms with Gasteiger partial charge in [0.1, 0.15) is 16.8 Å². The molecule has 1 aromatic heterocycles. The van der Waals surface area contributed by atoms with Crippen molar-refractivity contribution in [3.8, 4) is 6.07 Å². The standard InChI is InChI=1S/C16H12N4O2S/c17-10-11-8-9-23-16(11)18-15(22)13-6-7-14(21)20(19-13)12-4-2-1-3-5-12/h1-5,8-9H,6-7H2,(H,18,22). The number of nitrogens with zero attached hydrogens (tertiary/aromatic N) is 3. The molecule has 2 amide bonds. The van der Waals surface area contributed by atoms with E-state index in [1.54, 1.807) is 35.7 Å². The summed E-state index contributed by atoms with van der Waals surface area (Å²) in [5.74, 6) is -0.543. The highest BCUT2D eigenvalue weighted by atomic mass is 32.1. The summed E-state index contributed by atoms with van der Waals surface area (Å²) in [6.45, 7) is 0. The van der Waals surface area contributed by atoms with Crippen molar-refractivity contribution in [2.45, 2.75) is 12.8 Å². The van der Waals surface area contributed by atoms with Gasteiger partial charge in [-0.3, -0.25) is 9.59 Å². The Hall–Kier alpha value is -2.98. The van der Waals surface area contributed by atoms with E-state index in [-0.39, 0.29) is 24.5 Å². The highest BCUT2D eigenvalue weighted by Crippen LogP contribution is 2.24. The number of carbonyl (C=O) groups excluding carboxylic acids is 2. The lowest BCUT2D eigenvalue weighted by molar-refractivity contribution is -0.118. The third kappa shape index (κ3) is 3.12. The quantitative estimate of drug-likeness (QED) is 0.942. The third-order valence-electron chi connectivity index (χ3n) is 3.31. The van der Waals surface area contributed by atoms with E-state index in [4.69, 9.17) is 5.26 Å². The second kappa shape index (κ2) is 6.42. The van der Waals surface area contributed by atoms with Crippen LogP contribution in [0.2, 0.25) is 0 Å². The Morgan fingerprint density at radius 1 is 1.26 bits per heavy atom. The fraction of sp³-hybridized carbons (Fsp3) is 0.125. The number of nitrogens with one attached hydrogen (secondary N) is 1. The molecule has 0 fully saturated rings.